The molecule has 20 heavy (non-hydrogen) atoms. The van der Waals surface area contributed by atoms with Crippen molar-refractivity contribution in [2.75, 3.05) is 19.8 Å². The van der Waals surface area contributed by atoms with E-state index in [9.17, 15) is 17.6 Å². The Kier molecular flexibility index (Phi) is 6.19. The second kappa shape index (κ2) is 7.21. The van der Waals surface area contributed by atoms with Gasteiger partial charge in [0.05, 0.1) is 17.2 Å². The number of benzene rings is 1. The van der Waals surface area contributed by atoms with Crippen molar-refractivity contribution in [3.8, 4) is 0 Å². The summed E-state index contributed by atoms with van der Waals surface area (Å²) in [6, 6.07) is 1.43. The normalized spacial score (nSPS) is 11.4. The molecule has 1 aromatic carbocycles. The predicted octanol–water partition coefficient (Wildman–Crippen LogP) is 2.60. The molecule has 0 fully saturated rings. The summed E-state index contributed by atoms with van der Waals surface area (Å²) in [6.07, 6.45) is 0. The molecule has 0 saturated carbocycles. The molecule has 112 valence electrons. The maximum absolute atomic E-state index is 13.6. The van der Waals surface area contributed by atoms with Crippen LogP contribution in [0.25, 0.3) is 0 Å². The van der Waals surface area contributed by atoms with Gasteiger partial charge in [-0.2, -0.15) is 0 Å². The zero-order valence-electron chi connectivity index (χ0n) is 10.4. The van der Waals surface area contributed by atoms with Crippen LogP contribution in [0.15, 0.2) is 17.0 Å². The molecule has 0 saturated heterocycles. The maximum Gasteiger partial charge on any atom is 0.341 e. The molecule has 1 rings (SSSR count). The van der Waals surface area contributed by atoms with Crippen LogP contribution in [0.2, 0.25) is 5.02 Å². The van der Waals surface area contributed by atoms with Crippen LogP contribution in [-0.4, -0.2) is 34.2 Å². The molecule has 0 radical (unpaired) electrons. The first-order valence-corrected chi connectivity index (χ1v) is 8.14. The van der Waals surface area contributed by atoms with Gasteiger partial charge < -0.3 is 9.47 Å². The highest BCUT2D eigenvalue weighted by Gasteiger charge is 2.22. The number of carbonyl (C=O) groups is 1. The molecule has 0 aliphatic rings. The molecule has 0 unspecified atom stereocenters. The molecule has 0 aromatic heterocycles. The molecule has 0 aliphatic carbocycles. The van der Waals surface area contributed by atoms with Crippen molar-refractivity contribution in [1.29, 1.82) is 0 Å². The Labute approximate surface area is 125 Å². The Morgan fingerprint density at radius 1 is 1.35 bits per heavy atom. The Morgan fingerprint density at radius 2 is 2.00 bits per heavy atom. The van der Waals surface area contributed by atoms with Gasteiger partial charge in [0.1, 0.15) is 17.3 Å². The van der Waals surface area contributed by atoms with Crippen molar-refractivity contribution >= 4 is 37.3 Å². The predicted molar refractivity (Wildman–Crippen MR) is 71.2 cm³/mol. The SMILES string of the molecule is CCOCCOC(=O)c1cc(S(=O)(=O)Cl)c(Cl)cc1F. The van der Waals surface area contributed by atoms with Crippen molar-refractivity contribution in [3.63, 3.8) is 0 Å². The summed E-state index contributed by atoms with van der Waals surface area (Å²) in [6.45, 7) is 2.27. The number of esters is 1. The molecule has 0 spiro atoms. The minimum Gasteiger partial charge on any atom is -0.460 e. The molecule has 0 aliphatic heterocycles. The third-order valence-electron chi connectivity index (χ3n) is 2.17. The summed E-state index contributed by atoms with van der Waals surface area (Å²) in [5, 5.41) is -0.414. The highest BCUT2D eigenvalue weighted by Crippen LogP contribution is 2.28. The summed E-state index contributed by atoms with van der Waals surface area (Å²) < 4.78 is 45.7. The number of rotatable bonds is 6. The van der Waals surface area contributed by atoms with Gasteiger partial charge in [0.2, 0.25) is 0 Å². The monoisotopic (exact) mass is 344 g/mol. The van der Waals surface area contributed by atoms with Crippen LogP contribution >= 0.6 is 22.3 Å². The zero-order valence-corrected chi connectivity index (χ0v) is 12.7. The lowest BCUT2D eigenvalue weighted by molar-refractivity contribution is 0.0330. The second-order valence-electron chi connectivity index (χ2n) is 3.53. The average Bonchev–Trinajstić information content (AvgIpc) is 2.32. The summed E-state index contributed by atoms with van der Waals surface area (Å²) in [5.74, 6) is -2.03. The van der Waals surface area contributed by atoms with E-state index in [-0.39, 0.29) is 13.2 Å². The lowest BCUT2D eigenvalue weighted by atomic mass is 10.2. The van der Waals surface area contributed by atoms with Crippen LogP contribution in [-0.2, 0) is 18.5 Å². The molecular formula is C11H11Cl2FO5S. The lowest BCUT2D eigenvalue weighted by Gasteiger charge is -2.08. The van der Waals surface area contributed by atoms with Gasteiger partial charge in [-0.15, -0.1) is 0 Å². The molecular weight excluding hydrogens is 334 g/mol. The first kappa shape index (κ1) is 17.2. The zero-order chi connectivity index (χ0) is 15.3. The first-order valence-electron chi connectivity index (χ1n) is 5.46. The quantitative estimate of drug-likeness (QED) is 0.450. The van der Waals surface area contributed by atoms with E-state index in [4.69, 9.17) is 31.8 Å². The summed E-state index contributed by atoms with van der Waals surface area (Å²) in [4.78, 5) is 11.1. The molecule has 0 atom stereocenters. The van der Waals surface area contributed by atoms with Gasteiger partial charge >= 0.3 is 5.97 Å². The fourth-order valence-corrected chi connectivity index (χ4v) is 2.79. The summed E-state index contributed by atoms with van der Waals surface area (Å²) >= 11 is 5.56. The van der Waals surface area contributed by atoms with Crippen LogP contribution < -0.4 is 0 Å². The fraction of sp³-hybridized carbons (Fsp3) is 0.364. The number of hydrogen-bond donors (Lipinski definition) is 0. The number of halogens is 3. The molecule has 1 aromatic rings. The average molecular weight is 345 g/mol. The molecule has 0 N–H and O–H groups in total. The summed E-state index contributed by atoms with van der Waals surface area (Å²) in [5.41, 5.74) is -0.565. The maximum atomic E-state index is 13.6. The van der Waals surface area contributed by atoms with Gasteiger partial charge in [0.25, 0.3) is 9.05 Å². The number of ether oxygens (including phenoxy) is 2. The van der Waals surface area contributed by atoms with E-state index >= 15 is 0 Å². The van der Waals surface area contributed by atoms with Crippen molar-refractivity contribution < 1.29 is 27.1 Å². The van der Waals surface area contributed by atoms with E-state index in [2.05, 4.69) is 0 Å². The van der Waals surface area contributed by atoms with E-state index in [0.29, 0.717) is 12.7 Å². The van der Waals surface area contributed by atoms with Gasteiger partial charge in [-0.25, -0.2) is 17.6 Å². The van der Waals surface area contributed by atoms with Gasteiger partial charge in [-0.05, 0) is 19.1 Å². The third kappa shape index (κ3) is 4.59. The van der Waals surface area contributed by atoms with E-state index in [0.717, 1.165) is 6.07 Å². The van der Waals surface area contributed by atoms with Gasteiger partial charge in [-0.3, -0.25) is 0 Å². The highest BCUT2D eigenvalue weighted by atomic mass is 35.7. The Bertz CT molecular complexity index is 603. The minimum absolute atomic E-state index is 0.0856. The molecule has 0 bridgehead atoms. The molecule has 0 amide bonds. The van der Waals surface area contributed by atoms with Crippen molar-refractivity contribution in [2.45, 2.75) is 11.8 Å². The van der Waals surface area contributed by atoms with E-state index < -0.39 is 36.3 Å². The third-order valence-corrected chi connectivity index (χ3v) is 3.96. The second-order valence-corrected chi connectivity index (χ2v) is 6.47. The van der Waals surface area contributed by atoms with Crippen LogP contribution in [0.5, 0.6) is 0 Å². The Hall–Kier alpha value is -0.890. The minimum atomic E-state index is -4.19. The first-order chi connectivity index (χ1) is 9.27. The van der Waals surface area contributed by atoms with Crippen LogP contribution in [0.1, 0.15) is 17.3 Å². The standard InChI is InChI=1S/C11H11Cl2FO5S/c1-2-18-3-4-19-11(15)7-5-10(20(13,16)17)8(12)6-9(7)14/h5-6H,2-4H2,1H3. The molecule has 0 heterocycles. The fourth-order valence-electron chi connectivity index (χ4n) is 1.29. The topological polar surface area (TPSA) is 69.7 Å². The van der Waals surface area contributed by atoms with Crippen LogP contribution in [0.3, 0.4) is 0 Å². The number of hydrogen-bond acceptors (Lipinski definition) is 5. The van der Waals surface area contributed by atoms with E-state index in [1.165, 1.54) is 0 Å². The van der Waals surface area contributed by atoms with Gasteiger partial charge in [0.15, 0.2) is 0 Å². The lowest BCUT2D eigenvalue weighted by Crippen LogP contribution is -2.13. The van der Waals surface area contributed by atoms with Gasteiger partial charge in [0, 0.05) is 17.3 Å². The van der Waals surface area contributed by atoms with Crippen LogP contribution in [0.4, 0.5) is 4.39 Å². The smallest absolute Gasteiger partial charge is 0.341 e. The van der Waals surface area contributed by atoms with Gasteiger partial charge in [-0.1, -0.05) is 11.6 Å². The van der Waals surface area contributed by atoms with Crippen LogP contribution in [0, 0.1) is 5.82 Å². The Morgan fingerprint density at radius 3 is 2.55 bits per heavy atom. The largest absolute Gasteiger partial charge is 0.460 e. The van der Waals surface area contributed by atoms with Crippen molar-refractivity contribution in [1.82, 2.24) is 0 Å². The van der Waals surface area contributed by atoms with E-state index in [1.54, 1.807) is 6.92 Å². The van der Waals surface area contributed by atoms with Crippen molar-refractivity contribution in [3.05, 3.63) is 28.5 Å². The Balaban J connectivity index is 2.98. The summed E-state index contributed by atoms with van der Waals surface area (Å²) in [7, 11) is 0.937. The van der Waals surface area contributed by atoms with E-state index in [1.807, 2.05) is 0 Å². The number of carbonyl (C=O) groups excluding carboxylic acids is 1. The highest BCUT2D eigenvalue weighted by molar-refractivity contribution is 8.13. The molecule has 9 heteroatoms. The van der Waals surface area contributed by atoms with Crippen molar-refractivity contribution in [2.24, 2.45) is 0 Å². The molecule has 5 nitrogen and oxygen atoms in total.